The SMILES string of the molecule is CC(=CC(=O)OC(C)(C)C)C(=O)Oc1ccccc1N. The molecule has 108 valence electrons. The van der Waals surface area contributed by atoms with Crippen molar-refractivity contribution in [3.63, 3.8) is 0 Å². The van der Waals surface area contributed by atoms with E-state index in [0.717, 1.165) is 6.08 Å². The van der Waals surface area contributed by atoms with E-state index in [-0.39, 0.29) is 11.3 Å². The Bertz CT molecular complexity index is 541. The highest BCUT2D eigenvalue weighted by Crippen LogP contribution is 2.20. The van der Waals surface area contributed by atoms with Gasteiger partial charge >= 0.3 is 11.9 Å². The number of nitrogens with two attached hydrogens (primary N) is 1. The molecular formula is C15H19NO4. The van der Waals surface area contributed by atoms with Gasteiger partial charge in [0.25, 0.3) is 0 Å². The summed E-state index contributed by atoms with van der Waals surface area (Å²) in [7, 11) is 0. The van der Waals surface area contributed by atoms with Crippen LogP contribution in [0.3, 0.4) is 0 Å². The second kappa shape index (κ2) is 6.23. The fourth-order valence-electron chi connectivity index (χ4n) is 1.32. The molecule has 0 saturated heterocycles. The van der Waals surface area contributed by atoms with Gasteiger partial charge in [0.15, 0.2) is 5.75 Å². The summed E-state index contributed by atoms with van der Waals surface area (Å²) in [5.41, 5.74) is 5.55. The third-order valence-corrected chi connectivity index (χ3v) is 2.18. The average molecular weight is 277 g/mol. The van der Waals surface area contributed by atoms with Crippen molar-refractivity contribution in [3.05, 3.63) is 35.9 Å². The van der Waals surface area contributed by atoms with Gasteiger partial charge in [0.2, 0.25) is 0 Å². The highest BCUT2D eigenvalue weighted by Gasteiger charge is 2.17. The van der Waals surface area contributed by atoms with Crippen molar-refractivity contribution < 1.29 is 19.1 Å². The molecule has 0 unspecified atom stereocenters. The lowest BCUT2D eigenvalue weighted by molar-refractivity contribution is -0.149. The number of para-hydroxylation sites is 2. The summed E-state index contributed by atoms with van der Waals surface area (Å²) in [6.07, 6.45) is 1.10. The Balaban J connectivity index is 2.72. The van der Waals surface area contributed by atoms with Gasteiger partial charge in [0.1, 0.15) is 5.60 Å². The van der Waals surface area contributed by atoms with Crippen LogP contribution in [0.2, 0.25) is 0 Å². The van der Waals surface area contributed by atoms with Crippen LogP contribution in [-0.4, -0.2) is 17.5 Å². The molecule has 0 radical (unpaired) electrons. The van der Waals surface area contributed by atoms with E-state index in [1.54, 1.807) is 45.0 Å². The second-order valence-electron chi connectivity index (χ2n) is 5.29. The number of carbonyl (C=O) groups is 2. The molecule has 0 fully saturated rings. The number of hydrogen-bond donors (Lipinski definition) is 1. The maximum Gasteiger partial charge on any atom is 0.339 e. The molecule has 0 spiro atoms. The molecule has 0 atom stereocenters. The first-order chi connectivity index (χ1) is 9.19. The molecule has 5 nitrogen and oxygen atoms in total. The van der Waals surface area contributed by atoms with Crippen LogP contribution < -0.4 is 10.5 Å². The normalized spacial score (nSPS) is 11.9. The molecule has 1 aromatic carbocycles. The minimum atomic E-state index is -0.645. The molecule has 0 aliphatic rings. The molecule has 0 heterocycles. The monoisotopic (exact) mass is 277 g/mol. The van der Waals surface area contributed by atoms with Gasteiger partial charge in [-0.1, -0.05) is 12.1 Å². The lowest BCUT2D eigenvalue weighted by atomic mass is 10.2. The topological polar surface area (TPSA) is 78.6 Å². The van der Waals surface area contributed by atoms with Crippen LogP contribution in [0.5, 0.6) is 5.75 Å². The van der Waals surface area contributed by atoms with Gasteiger partial charge in [0.05, 0.1) is 5.69 Å². The molecule has 1 aromatic rings. The Hall–Kier alpha value is -2.30. The lowest BCUT2D eigenvalue weighted by Crippen LogP contribution is -2.23. The Morgan fingerprint density at radius 1 is 1.20 bits per heavy atom. The summed E-state index contributed by atoms with van der Waals surface area (Å²) in [5, 5.41) is 0. The maximum absolute atomic E-state index is 11.8. The summed E-state index contributed by atoms with van der Waals surface area (Å²) in [4.78, 5) is 23.4. The van der Waals surface area contributed by atoms with Crippen molar-refractivity contribution in [1.29, 1.82) is 0 Å². The molecule has 0 amide bonds. The number of ether oxygens (including phenoxy) is 2. The highest BCUT2D eigenvalue weighted by atomic mass is 16.6. The third kappa shape index (κ3) is 5.14. The Morgan fingerprint density at radius 2 is 1.80 bits per heavy atom. The van der Waals surface area contributed by atoms with Gasteiger partial charge in [-0.2, -0.15) is 0 Å². The fourth-order valence-corrected chi connectivity index (χ4v) is 1.32. The van der Waals surface area contributed by atoms with Gasteiger partial charge in [-0.3, -0.25) is 0 Å². The third-order valence-electron chi connectivity index (χ3n) is 2.18. The van der Waals surface area contributed by atoms with E-state index in [2.05, 4.69) is 0 Å². The smallest absolute Gasteiger partial charge is 0.339 e. The van der Waals surface area contributed by atoms with Crippen LogP contribution in [0.25, 0.3) is 0 Å². The number of hydrogen-bond acceptors (Lipinski definition) is 5. The van der Waals surface area contributed by atoms with Crippen molar-refractivity contribution >= 4 is 17.6 Å². The molecule has 0 aliphatic heterocycles. The number of anilines is 1. The van der Waals surface area contributed by atoms with E-state index in [1.165, 1.54) is 6.92 Å². The van der Waals surface area contributed by atoms with Crippen LogP contribution in [-0.2, 0) is 14.3 Å². The second-order valence-corrected chi connectivity index (χ2v) is 5.29. The molecule has 0 saturated carbocycles. The summed E-state index contributed by atoms with van der Waals surface area (Å²) in [5.74, 6) is -0.976. The minimum absolute atomic E-state index is 0.141. The molecule has 0 bridgehead atoms. The van der Waals surface area contributed by atoms with Gasteiger partial charge in [0, 0.05) is 11.6 Å². The van der Waals surface area contributed by atoms with Crippen LogP contribution in [0, 0.1) is 0 Å². The predicted octanol–water partition coefficient (Wildman–Crippen LogP) is 2.46. The van der Waals surface area contributed by atoms with E-state index in [0.29, 0.717) is 5.69 Å². The first kappa shape index (κ1) is 15.8. The molecule has 2 N–H and O–H groups in total. The largest absolute Gasteiger partial charge is 0.457 e. The maximum atomic E-state index is 11.8. The average Bonchev–Trinajstić information content (AvgIpc) is 2.29. The van der Waals surface area contributed by atoms with Crippen LogP contribution in [0.4, 0.5) is 5.69 Å². The minimum Gasteiger partial charge on any atom is -0.457 e. The molecule has 0 aliphatic carbocycles. The van der Waals surface area contributed by atoms with E-state index >= 15 is 0 Å². The van der Waals surface area contributed by atoms with E-state index in [1.807, 2.05) is 0 Å². The van der Waals surface area contributed by atoms with Gasteiger partial charge in [-0.25, -0.2) is 9.59 Å². The van der Waals surface area contributed by atoms with Crippen LogP contribution in [0.15, 0.2) is 35.9 Å². The zero-order chi connectivity index (χ0) is 15.3. The highest BCUT2D eigenvalue weighted by molar-refractivity contribution is 5.97. The van der Waals surface area contributed by atoms with Crippen molar-refractivity contribution in [3.8, 4) is 5.75 Å². The molecule has 0 aromatic heterocycles. The van der Waals surface area contributed by atoms with Gasteiger partial charge in [-0.05, 0) is 39.8 Å². The zero-order valence-corrected chi connectivity index (χ0v) is 12.1. The Labute approximate surface area is 118 Å². The quantitative estimate of drug-likeness (QED) is 0.397. The first-order valence-electron chi connectivity index (χ1n) is 6.17. The number of carbonyl (C=O) groups excluding carboxylic acids is 2. The van der Waals surface area contributed by atoms with Crippen molar-refractivity contribution in [2.75, 3.05) is 5.73 Å². The molecular weight excluding hydrogens is 258 g/mol. The van der Waals surface area contributed by atoms with Crippen LogP contribution >= 0.6 is 0 Å². The Morgan fingerprint density at radius 3 is 2.35 bits per heavy atom. The number of benzene rings is 1. The van der Waals surface area contributed by atoms with E-state index < -0.39 is 17.5 Å². The van der Waals surface area contributed by atoms with Gasteiger partial charge < -0.3 is 15.2 Å². The number of rotatable bonds is 3. The van der Waals surface area contributed by atoms with Crippen LogP contribution in [0.1, 0.15) is 27.7 Å². The molecule has 5 heteroatoms. The molecule has 1 rings (SSSR count). The van der Waals surface area contributed by atoms with E-state index in [4.69, 9.17) is 15.2 Å². The van der Waals surface area contributed by atoms with Crippen molar-refractivity contribution in [2.45, 2.75) is 33.3 Å². The fraction of sp³-hybridized carbons (Fsp3) is 0.333. The standard InChI is InChI=1S/C15H19NO4/c1-10(9-13(17)20-15(2,3)4)14(18)19-12-8-6-5-7-11(12)16/h5-9H,16H2,1-4H3. The lowest BCUT2D eigenvalue weighted by Gasteiger charge is -2.18. The van der Waals surface area contributed by atoms with E-state index in [9.17, 15) is 9.59 Å². The number of esters is 2. The summed E-state index contributed by atoms with van der Waals surface area (Å²) >= 11 is 0. The van der Waals surface area contributed by atoms with Crippen molar-refractivity contribution in [1.82, 2.24) is 0 Å². The van der Waals surface area contributed by atoms with Crippen molar-refractivity contribution in [2.24, 2.45) is 0 Å². The first-order valence-corrected chi connectivity index (χ1v) is 6.17. The summed E-state index contributed by atoms with van der Waals surface area (Å²) in [6, 6.07) is 6.63. The number of nitrogen functional groups attached to an aromatic ring is 1. The summed E-state index contributed by atoms with van der Waals surface area (Å²) in [6.45, 7) is 6.72. The Kier molecular flexibility index (Phi) is 4.91. The molecule has 20 heavy (non-hydrogen) atoms. The van der Waals surface area contributed by atoms with Gasteiger partial charge in [-0.15, -0.1) is 0 Å². The summed E-state index contributed by atoms with van der Waals surface area (Å²) < 4.78 is 10.2. The zero-order valence-electron chi connectivity index (χ0n) is 12.1. The predicted molar refractivity (Wildman–Crippen MR) is 76.1 cm³/mol.